The van der Waals surface area contributed by atoms with Crippen LogP contribution in [-0.4, -0.2) is 54.4 Å². The van der Waals surface area contributed by atoms with E-state index in [-0.39, 0.29) is 37.8 Å². The second-order valence-corrected chi connectivity index (χ2v) is 8.64. The Bertz CT molecular complexity index is 695. The molecule has 1 saturated heterocycles. The normalized spacial score (nSPS) is 24.2. The van der Waals surface area contributed by atoms with Crippen LogP contribution in [0.3, 0.4) is 0 Å². The fraction of sp³-hybridized carbons (Fsp3) is 0.842. The monoisotopic (exact) mass is 458 g/mol. The Labute approximate surface area is 174 Å². The molecule has 3 aliphatic rings. The number of carbonyl (C=O) groups is 3. The predicted octanol–water partition coefficient (Wildman–Crippen LogP) is 3.94. The first-order chi connectivity index (χ1) is 14.3. The zero-order valence-corrected chi connectivity index (χ0v) is 16.7. The van der Waals surface area contributed by atoms with Crippen LogP contribution in [0.25, 0.3) is 0 Å². The Morgan fingerprint density at radius 1 is 0.903 bits per heavy atom. The van der Waals surface area contributed by atoms with Gasteiger partial charge < -0.3 is 9.64 Å². The number of hydrogen-bond acceptors (Lipinski definition) is 4. The number of halogens is 6. The highest BCUT2D eigenvalue weighted by atomic mass is 19.4. The van der Waals surface area contributed by atoms with Crippen molar-refractivity contribution in [3.63, 3.8) is 0 Å². The minimum absolute atomic E-state index is 0.123. The van der Waals surface area contributed by atoms with Gasteiger partial charge >= 0.3 is 18.4 Å². The van der Waals surface area contributed by atoms with Gasteiger partial charge in [0, 0.05) is 24.9 Å². The maximum absolute atomic E-state index is 12.6. The van der Waals surface area contributed by atoms with Gasteiger partial charge in [0.05, 0.1) is 0 Å². The van der Waals surface area contributed by atoms with E-state index >= 15 is 0 Å². The second-order valence-electron chi connectivity index (χ2n) is 8.64. The van der Waals surface area contributed by atoms with Crippen molar-refractivity contribution in [2.24, 2.45) is 17.3 Å². The van der Waals surface area contributed by atoms with Crippen LogP contribution in [-0.2, 0) is 14.3 Å². The molecule has 31 heavy (non-hydrogen) atoms. The lowest BCUT2D eigenvalue weighted by atomic mass is 9.88. The van der Waals surface area contributed by atoms with Crippen LogP contribution in [0, 0.1) is 17.3 Å². The molecule has 1 atom stereocenters. The van der Waals surface area contributed by atoms with Crippen molar-refractivity contribution < 1.29 is 45.5 Å². The maximum Gasteiger partial charge on any atom is 0.434 e. The summed E-state index contributed by atoms with van der Waals surface area (Å²) in [5, 5.41) is 2.44. The Balaban J connectivity index is 1.49. The largest absolute Gasteiger partial charge is 0.434 e. The molecule has 3 amide bonds. The topological polar surface area (TPSA) is 75.7 Å². The van der Waals surface area contributed by atoms with Crippen molar-refractivity contribution in [3.05, 3.63) is 0 Å². The number of rotatable bonds is 3. The van der Waals surface area contributed by atoms with Crippen LogP contribution in [0.15, 0.2) is 0 Å². The summed E-state index contributed by atoms with van der Waals surface area (Å²) in [5.74, 6) is -1.32. The van der Waals surface area contributed by atoms with Crippen LogP contribution in [0.5, 0.6) is 0 Å². The van der Waals surface area contributed by atoms with Gasteiger partial charge in [-0.25, -0.2) is 4.79 Å². The van der Waals surface area contributed by atoms with E-state index in [9.17, 15) is 40.7 Å². The first-order valence-electron chi connectivity index (χ1n) is 10.3. The average molecular weight is 458 g/mol. The first-order valence-corrected chi connectivity index (χ1v) is 10.3. The lowest BCUT2D eigenvalue weighted by molar-refractivity contribution is -0.308. The van der Waals surface area contributed by atoms with Gasteiger partial charge in [-0.15, -0.1) is 0 Å². The fourth-order valence-electron chi connectivity index (χ4n) is 4.58. The van der Waals surface area contributed by atoms with E-state index < -0.39 is 41.8 Å². The Kier molecular flexibility index (Phi) is 6.48. The standard InChI is InChI=1S/C19H24F6N2O4/c20-18(21,22)15(19(23,24)25)31-16(30)27-8-6-17(7-9-27)10-12(17)14(29)26-13(28)11-4-2-1-3-5-11/h11-12,15H,1-10H2,(H,26,28,29)/t12-/m1/s1. The molecule has 12 heteroatoms. The van der Waals surface area contributed by atoms with Crippen molar-refractivity contribution in [1.82, 2.24) is 10.2 Å². The van der Waals surface area contributed by atoms with Crippen molar-refractivity contribution in [1.29, 1.82) is 0 Å². The van der Waals surface area contributed by atoms with Gasteiger partial charge in [-0.1, -0.05) is 19.3 Å². The Morgan fingerprint density at radius 3 is 1.97 bits per heavy atom. The zero-order valence-electron chi connectivity index (χ0n) is 16.7. The molecule has 6 nitrogen and oxygen atoms in total. The number of nitrogens with zero attached hydrogens (tertiary/aromatic N) is 1. The van der Waals surface area contributed by atoms with Crippen LogP contribution >= 0.6 is 0 Å². The quantitative estimate of drug-likeness (QED) is 0.514. The number of carbonyl (C=O) groups excluding carboxylic acids is 3. The third kappa shape index (κ3) is 5.43. The molecular formula is C19H24F6N2O4. The summed E-state index contributed by atoms with van der Waals surface area (Å²) in [5.41, 5.74) is -0.485. The van der Waals surface area contributed by atoms with Crippen molar-refractivity contribution in [3.8, 4) is 0 Å². The SMILES string of the molecule is O=C(NC(=O)[C@H]1CC12CCN(C(=O)OC(C(F)(F)F)C(F)(F)F)CC2)C1CCCCC1. The molecule has 0 unspecified atom stereocenters. The Hall–Kier alpha value is -2.01. The summed E-state index contributed by atoms with van der Waals surface area (Å²) in [6.07, 6.45) is -12.1. The van der Waals surface area contributed by atoms with Crippen molar-refractivity contribution in [2.45, 2.75) is 69.8 Å². The van der Waals surface area contributed by atoms with Crippen LogP contribution < -0.4 is 5.32 Å². The van der Waals surface area contributed by atoms with Gasteiger partial charge in [0.15, 0.2) is 0 Å². The molecule has 3 rings (SSSR count). The Morgan fingerprint density at radius 2 is 1.45 bits per heavy atom. The van der Waals surface area contributed by atoms with Gasteiger partial charge in [-0.05, 0) is 37.5 Å². The summed E-state index contributed by atoms with van der Waals surface area (Å²) in [6, 6.07) is 0. The highest BCUT2D eigenvalue weighted by Crippen LogP contribution is 2.59. The molecule has 1 spiro atoms. The molecule has 1 heterocycles. The minimum Gasteiger partial charge on any atom is -0.426 e. The predicted molar refractivity (Wildman–Crippen MR) is 93.5 cm³/mol. The first kappa shape index (κ1) is 23.6. The van der Waals surface area contributed by atoms with Crippen molar-refractivity contribution >= 4 is 17.9 Å². The van der Waals surface area contributed by atoms with E-state index in [0.717, 1.165) is 37.0 Å². The van der Waals surface area contributed by atoms with Gasteiger partial charge in [-0.2, -0.15) is 26.3 Å². The van der Waals surface area contributed by atoms with Gasteiger partial charge in [-0.3, -0.25) is 14.9 Å². The summed E-state index contributed by atoms with van der Waals surface area (Å²) >= 11 is 0. The molecule has 0 radical (unpaired) electrons. The molecular weight excluding hydrogens is 434 g/mol. The number of alkyl halides is 6. The third-order valence-corrected chi connectivity index (χ3v) is 6.56. The lowest BCUT2D eigenvalue weighted by Gasteiger charge is -2.33. The molecule has 2 saturated carbocycles. The van der Waals surface area contributed by atoms with Crippen molar-refractivity contribution in [2.75, 3.05) is 13.1 Å². The molecule has 0 aromatic rings. The van der Waals surface area contributed by atoms with E-state index in [2.05, 4.69) is 10.1 Å². The number of piperidine rings is 1. The minimum atomic E-state index is -5.77. The van der Waals surface area contributed by atoms with E-state index in [1.54, 1.807) is 0 Å². The molecule has 3 fully saturated rings. The highest BCUT2D eigenvalue weighted by Gasteiger charge is 2.62. The van der Waals surface area contributed by atoms with Gasteiger partial charge in [0.2, 0.25) is 11.8 Å². The molecule has 0 aromatic heterocycles. The van der Waals surface area contributed by atoms with Gasteiger partial charge in [0.1, 0.15) is 0 Å². The number of hydrogen-bond donors (Lipinski definition) is 1. The number of likely N-dealkylation sites (tertiary alicyclic amines) is 1. The summed E-state index contributed by atoms with van der Waals surface area (Å²) in [6.45, 7) is -0.247. The molecule has 1 N–H and O–H groups in total. The van der Waals surface area contributed by atoms with E-state index in [0.29, 0.717) is 6.42 Å². The van der Waals surface area contributed by atoms with Crippen LogP contribution in [0.4, 0.5) is 31.1 Å². The fourth-order valence-corrected chi connectivity index (χ4v) is 4.58. The molecule has 0 bridgehead atoms. The number of imide groups is 1. The lowest BCUT2D eigenvalue weighted by Crippen LogP contribution is -2.49. The van der Waals surface area contributed by atoms with Crippen LogP contribution in [0.2, 0.25) is 0 Å². The van der Waals surface area contributed by atoms with E-state index in [4.69, 9.17) is 0 Å². The van der Waals surface area contributed by atoms with E-state index in [1.807, 2.05) is 0 Å². The summed E-state index contributed by atoms with van der Waals surface area (Å²) in [4.78, 5) is 37.3. The molecule has 176 valence electrons. The third-order valence-electron chi connectivity index (χ3n) is 6.56. The van der Waals surface area contributed by atoms with E-state index in [1.165, 1.54) is 0 Å². The smallest absolute Gasteiger partial charge is 0.426 e. The number of ether oxygens (including phenoxy) is 1. The number of nitrogens with one attached hydrogen (secondary N) is 1. The van der Waals surface area contributed by atoms with Crippen LogP contribution in [0.1, 0.15) is 51.4 Å². The molecule has 2 aliphatic carbocycles. The maximum atomic E-state index is 12.6. The summed E-state index contributed by atoms with van der Waals surface area (Å²) in [7, 11) is 0. The number of amides is 3. The zero-order chi connectivity index (χ0) is 23.0. The molecule has 0 aromatic carbocycles. The van der Waals surface area contributed by atoms with Gasteiger partial charge in [0.25, 0.3) is 6.10 Å². The average Bonchev–Trinajstić information content (AvgIpc) is 3.38. The molecule has 1 aliphatic heterocycles. The summed E-state index contributed by atoms with van der Waals surface area (Å²) < 4.78 is 79.1. The second kappa shape index (κ2) is 8.50. The highest BCUT2D eigenvalue weighted by molar-refractivity contribution is 5.98.